The normalized spacial score (nSPS) is 31.8. The zero-order valence-corrected chi connectivity index (χ0v) is 9.95. The van der Waals surface area contributed by atoms with E-state index in [0.29, 0.717) is 12.8 Å². The van der Waals surface area contributed by atoms with Crippen LogP contribution in [0.4, 0.5) is 0 Å². The summed E-state index contributed by atoms with van der Waals surface area (Å²) >= 11 is 0. The molecule has 0 aromatic carbocycles. The Labute approximate surface area is 91.2 Å². The van der Waals surface area contributed by atoms with Gasteiger partial charge in [0.1, 0.15) is 5.78 Å². The quantitative estimate of drug-likeness (QED) is 0.659. The van der Waals surface area contributed by atoms with E-state index in [-0.39, 0.29) is 35.6 Å². The summed E-state index contributed by atoms with van der Waals surface area (Å²) < 4.78 is 5.22. The van der Waals surface area contributed by atoms with Crippen LogP contribution in [0.2, 0.25) is 0 Å². The molecule has 0 heterocycles. The highest BCUT2D eigenvalue weighted by molar-refractivity contribution is 5.83. The average molecular weight is 212 g/mol. The van der Waals surface area contributed by atoms with Crippen LogP contribution in [0, 0.1) is 17.8 Å². The van der Waals surface area contributed by atoms with Gasteiger partial charge in [-0.15, -0.1) is 0 Å². The van der Waals surface area contributed by atoms with Crippen molar-refractivity contribution in [3.63, 3.8) is 0 Å². The van der Waals surface area contributed by atoms with Crippen LogP contribution >= 0.6 is 0 Å². The lowest BCUT2D eigenvalue weighted by Gasteiger charge is -2.32. The molecule has 0 aromatic rings. The van der Waals surface area contributed by atoms with Gasteiger partial charge >= 0.3 is 5.97 Å². The van der Waals surface area contributed by atoms with Crippen LogP contribution in [0.15, 0.2) is 0 Å². The lowest BCUT2D eigenvalue weighted by Crippen LogP contribution is -2.37. The SMILES string of the molecule is CC(C)OC(=O)C1C(C)CC(=O)CC1C. The van der Waals surface area contributed by atoms with Gasteiger partial charge in [-0.25, -0.2) is 0 Å². The fraction of sp³-hybridized carbons (Fsp3) is 0.833. The molecule has 2 atom stereocenters. The second-order valence-corrected chi connectivity index (χ2v) is 4.91. The number of esters is 1. The molecule has 1 rings (SSSR count). The van der Waals surface area contributed by atoms with Gasteiger partial charge in [0.15, 0.2) is 0 Å². The highest BCUT2D eigenvalue weighted by atomic mass is 16.5. The van der Waals surface area contributed by atoms with Crippen LogP contribution in [0.1, 0.15) is 40.5 Å². The van der Waals surface area contributed by atoms with Gasteiger partial charge in [-0.2, -0.15) is 0 Å². The highest BCUT2D eigenvalue weighted by Gasteiger charge is 2.38. The molecule has 3 heteroatoms. The topological polar surface area (TPSA) is 43.4 Å². The van der Waals surface area contributed by atoms with Crippen LogP contribution in [-0.4, -0.2) is 17.9 Å². The van der Waals surface area contributed by atoms with Crippen LogP contribution in [-0.2, 0) is 14.3 Å². The molecule has 1 aliphatic rings. The fourth-order valence-electron chi connectivity index (χ4n) is 2.39. The van der Waals surface area contributed by atoms with E-state index in [4.69, 9.17) is 4.74 Å². The molecule has 0 spiro atoms. The van der Waals surface area contributed by atoms with E-state index in [1.54, 1.807) is 0 Å². The summed E-state index contributed by atoms with van der Waals surface area (Å²) in [7, 11) is 0. The van der Waals surface area contributed by atoms with Crippen LogP contribution in [0.25, 0.3) is 0 Å². The largest absolute Gasteiger partial charge is 0.463 e. The van der Waals surface area contributed by atoms with Crippen molar-refractivity contribution >= 4 is 11.8 Å². The number of Topliss-reactive ketones (excluding diaryl/α,β-unsaturated/α-hetero) is 1. The van der Waals surface area contributed by atoms with E-state index in [2.05, 4.69) is 0 Å². The molecular formula is C12H20O3. The van der Waals surface area contributed by atoms with Crippen LogP contribution in [0.3, 0.4) is 0 Å². The summed E-state index contributed by atoms with van der Waals surface area (Å²) in [5, 5.41) is 0. The summed E-state index contributed by atoms with van der Waals surface area (Å²) in [5.41, 5.74) is 0. The highest BCUT2D eigenvalue weighted by Crippen LogP contribution is 2.33. The first-order chi connectivity index (χ1) is 6.91. The lowest BCUT2D eigenvalue weighted by atomic mass is 9.73. The van der Waals surface area contributed by atoms with Crippen molar-refractivity contribution in [3.05, 3.63) is 0 Å². The van der Waals surface area contributed by atoms with Gasteiger partial charge in [0.05, 0.1) is 12.0 Å². The molecular weight excluding hydrogens is 192 g/mol. The van der Waals surface area contributed by atoms with E-state index in [9.17, 15) is 9.59 Å². The first-order valence-corrected chi connectivity index (χ1v) is 5.64. The minimum atomic E-state index is -0.141. The predicted molar refractivity (Wildman–Crippen MR) is 57.3 cm³/mol. The van der Waals surface area contributed by atoms with E-state index in [0.717, 1.165) is 0 Å². The minimum absolute atomic E-state index is 0.0745. The van der Waals surface area contributed by atoms with Crippen molar-refractivity contribution < 1.29 is 14.3 Å². The van der Waals surface area contributed by atoms with Crippen molar-refractivity contribution in [2.45, 2.75) is 46.6 Å². The molecule has 0 N–H and O–H groups in total. The zero-order chi connectivity index (χ0) is 11.6. The first kappa shape index (κ1) is 12.2. The third kappa shape index (κ3) is 3.05. The first-order valence-electron chi connectivity index (χ1n) is 5.64. The molecule has 1 aliphatic carbocycles. The van der Waals surface area contributed by atoms with E-state index >= 15 is 0 Å². The molecule has 1 fully saturated rings. The number of ether oxygens (including phenoxy) is 1. The van der Waals surface area contributed by atoms with E-state index in [1.807, 2.05) is 27.7 Å². The Morgan fingerprint density at radius 1 is 1.27 bits per heavy atom. The number of ketones is 1. The van der Waals surface area contributed by atoms with Crippen molar-refractivity contribution in [2.24, 2.45) is 17.8 Å². The Bertz CT molecular complexity index is 244. The Morgan fingerprint density at radius 2 is 1.73 bits per heavy atom. The number of carbonyl (C=O) groups is 2. The second-order valence-electron chi connectivity index (χ2n) is 4.91. The molecule has 0 saturated heterocycles. The standard InChI is InChI=1S/C12H20O3/c1-7(2)15-12(14)11-8(3)5-10(13)6-9(11)4/h7-9,11H,5-6H2,1-4H3. The molecule has 86 valence electrons. The second kappa shape index (κ2) is 4.77. The Morgan fingerprint density at radius 3 is 2.13 bits per heavy atom. The van der Waals surface area contributed by atoms with Gasteiger partial charge in [-0.3, -0.25) is 9.59 Å². The maximum absolute atomic E-state index is 11.8. The van der Waals surface area contributed by atoms with Gasteiger partial charge < -0.3 is 4.74 Å². The van der Waals surface area contributed by atoms with Gasteiger partial charge in [-0.1, -0.05) is 13.8 Å². The summed E-state index contributed by atoms with van der Waals surface area (Å²) in [5.74, 6) is 0.256. The molecule has 15 heavy (non-hydrogen) atoms. The van der Waals surface area contributed by atoms with Crippen molar-refractivity contribution in [1.29, 1.82) is 0 Å². The molecule has 0 amide bonds. The molecule has 0 bridgehead atoms. The number of rotatable bonds is 2. The number of hydrogen-bond acceptors (Lipinski definition) is 3. The predicted octanol–water partition coefficient (Wildman–Crippen LogP) is 2.19. The lowest BCUT2D eigenvalue weighted by molar-refractivity contribution is -0.158. The molecule has 2 unspecified atom stereocenters. The zero-order valence-electron chi connectivity index (χ0n) is 9.95. The molecule has 0 aromatic heterocycles. The van der Waals surface area contributed by atoms with Crippen molar-refractivity contribution in [1.82, 2.24) is 0 Å². The minimum Gasteiger partial charge on any atom is -0.463 e. The average Bonchev–Trinajstić information content (AvgIpc) is 1.99. The van der Waals surface area contributed by atoms with Gasteiger partial charge in [0.2, 0.25) is 0 Å². The van der Waals surface area contributed by atoms with Gasteiger partial charge in [0, 0.05) is 12.8 Å². The van der Waals surface area contributed by atoms with E-state index < -0.39 is 0 Å². The molecule has 1 saturated carbocycles. The summed E-state index contributed by atoms with van der Waals surface area (Å²) in [4.78, 5) is 23.1. The maximum Gasteiger partial charge on any atom is 0.309 e. The molecule has 0 aliphatic heterocycles. The Kier molecular flexibility index (Phi) is 3.89. The van der Waals surface area contributed by atoms with Gasteiger partial charge in [0.25, 0.3) is 0 Å². The monoisotopic (exact) mass is 212 g/mol. The summed E-state index contributed by atoms with van der Waals surface area (Å²) in [6.07, 6.45) is 0.958. The molecule has 0 radical (unpaired) electrons. The van der Waals surface area contributed by atoms with E-state index in [1.165, 1.54) is 0 Å². The fourth-order valence-corrected chi connectivity index (χ4v) is 2.39. The summed E-state index contributed by atoms with van der Waals surface area (Å²) in [6.45, 7) is 7.61. The van der Waals surface area contributed by atoms with Crippen molar-refractivity contribution in [3.8, 4) is 0 Å². The number of carbonyl (C=O) groups excluding carboxylic acids is 2. The summed E-state index contributed by atoms with van der Waals surface area (Å²) in [6, 6.07) is 0. The van der Waals surface area contributed by atoms with Gasteiger partial charge in [-0.05, 0) is 25.7 Å². The smallest absolute Gasteiger partial charge is 0.309 e. The van der Waals surface area contributed by atoms with Crippen molar-refractivity contribution in [2.75, 3.05) is 0 Å². The Balaban J connectivity index is 2.66. The Hall–Kier alpha value is -0.860. The van der Waals surface area contributed by atoms with Crippen LogP contribution < -0.4 is 0 Å². The third-order valence-corrected chi connectivity index (χ3v) is 2.95. The van der Waals surface area contributed by atoms with Crippen LogP contribution in [0.5, 0.6) is 0 Å². The molecule has 3 nitrogen and oxygen atoms in total. The third-order valence-electron chi connectivity index (χ3n) is 2.95. The maximum atomic E-state index is 11.8. The number of hydrogen-bond donors (Lipinski definition) is 0.